The van der Waals surface area contributed by atoms with Crippen molar-refractivity contribution in [2.24, 2.45) is 0 Å². The molecule has 1 saturated carbocycles. The number of amides is 1. The van der Waals surface area contributed by atoms with Gasteiger partial charge in [0.15, 0.2) is 6.10 Å². The Bertz CT molecular complexity index is 407. The molecule has 0 aromatic carbocycles. The smallest absolute Gasteiger partial charge is 0.374 e. The molecule has 98 valence electrons. The van der Waals surface area contributed by atoms with Crippen molar-refractivity contribution in [1.82, 2.24) is 5.32 Å². The maximum absolute atomic E-state index is 11.8. The van der Waals surface area contributed by atoms with Gasteiger partial charge in [0.05, 0.1) is 6.26 Å². The minimum Gasteiger partial charge on any atom is -0.457 e. The fourth-order valence-corrected chi connectivity index (χ4v) is 2.06. The zero-order chi connectivity index (χ0) is 13.0. The van der Waals surface area contributed by atoms with Crippen molar-refractivity contribution >= 4 is 11.9 Å². The van der Waals surface area contributed by atoms with E-state index >= 15 is 0 Å². The zero-order valence-corrected chi connectivity index (χ0v) is 10.3. The lowest BCUT2D eigenvalue weighted by molar-refractivity contribution is -0.129. The molecule has 1 amide bonds. The topological polar surface area (TPSA) is 68.5 Å². The third-order valence-electron chi connectivity index (χ3n) is 3.08. The van der Waals surface area contributed by atoms with Gasteiger partial charge in [-0.2, -0.15) is 0 Å². The summed E-state index contributed by atoms with van der Waals surface area (Å²) in [6.45, 7) is 1.56. The van der Waals surface area contributed by atoms with Crippen LogP contribution in [0.1, 0.15) is 43.2 Å². The summed E-state index contributed by atoms with van der Waals surface area (Å²) in [6, 6.07) is 3.33. The van der Waals surface area contributed by atoms with Gasteiger partial charge in [0, 0.05) is 6.04 Å². The molecule has 2 rings (SSSR count). The molecular weight excluding hydrogens is 234 g/mol. The SMILES string of the molecule is C[C@@H](OC(=O)c1ccco1)C(=O)NC1CCCC1. The second-order valence-corrected chi connectivity index (χ2v) is 4.51. The summed E-state index contributed by atoms with van der Waals surface area (Å²) in [5, 5.41) is 2.88. The number of ether oxygens (including phenoxy) is 1. The van der Waals surface area contributed by atoms with Crippen molar-refractivity contribution < 1.29 is 18.7 Å². The highest BCUT2D eigenvalue weighted by Crippen LogP contribution is 2.17. The second-order valence-electron chi connectivity index (χ2n) is 4.51. The molecule has 1 aliphatic rings. The molecule has 0 aliphatic heterocycles. The van der Waals surface area contributed by atoms with Gasteiger partial charge in [0.1, 0.15) is 0 Å². The second kappa shape index (κ2) is 5.71. The first-order valence-corrected chi connectivity index (χ1v) is 6.21. The van der Waals surface area contributed by atoms with Gasteiger partial charge in [-0.25, -0.2) is 4.79 Å². The quantitative estimate of drug-likeness (QED) is 0.830. The summed E-state index contributed by atoms with van der Waals surface area (Å²) in [5.74, 6) is -0.758. The summed E-state index contributed by atoms with van der Waals surface area (Å²) in [6.07, 6.45) is 4.88. The molecule has 0 spiro atoms. The van der Waals surface area contributed by atoms with E-state index in [4.69, 9.17) is 9.15 Å². The lowest BCUT2D eigenvalue weighted by Crippen LogP contribution is -2.40. The van der Waals surface area contributed by atoms with Crippen LogP contribution in [-0.2, 0) is 9.53 Å². The Morgan fingerprint density at radius 2 is 2.17 bits per heavy atom. The molecule has 1 fully saturated rings. The van der Waals surface area contributed by atoms with Gasteiger partial charge in [-0.05, 0) is 31.9 Å². The van der Waals surface area contributed by atoms with Crippen LogP contribution in [0.4, 0.5) is 0 Å². The van der Waals surface area contributed by atoms with E-state index in [1.165, 1.54) is 12.3 Å². The lowest BCUT2D eigenvalue weighted by atomic mass is 10.2. The first kappa shape index (κ1) is 12.7. The highest BCUT2D eigenvalue weighted by Gasteiger charge is 2.24. The van der Waals surface area contributed by atoms with Crippen LogP contribution in [0.5, 0.6) is 0 Å². The summed E-state index contributed by atoms with van der Waals surface area (Å²) in [7, 11) is 0. The summed E-state index contributed by atoms with van der Waals surface area (Å²) >= 11 is 0. The Labute approximate surface area is 105 Å². The monoisotopic (exact) mass is 251 g/mol. The number of hydrogen-bond acceptors (Lipinski definition) is 4. The number of carbonyl (C=O) groups is 2. The fourth-order valence-electron chi connectivity index (χ4n) is 2.06. The molecule has 0 unspecified atom stereocenters. The minimum atomic E-state index is -0.803. The predicted octanol–water partition coefficient (Wildman–Crippen LogP) is 1.88. The van der Waals surface area contributed by atoms with Crippen LogP contribution in [0.25, 0.3) is 0 Å². The largest absolute Gasteiger partial charge is 0.457 e. The Morgan fingerprint density at radius 1 is 1.44 bits per heavy atom. The molecule has 1 aromatic rings. The highest BCUT2D eigenvalue weighted by molar-refractivity contribution is 5.90. The Kier molecular flexibility index (Phi) is 4.02. The van der Waals surface area contributed by atoms with Crippen LogP contribution in [-0.4, -0.2) is 24.0 Å². The number of furan rings is 1. The number of hydrogen-bond donors (Lipinski definition) is 1. The molecule has 1 atom stereocenters. The first-order valence-electron chi connectivity index (χ1n) is 6.21. The van der Waals surface area contributed by atoms with Crippen LogP contribution in [0.15, 0.2) is 22.8 Å². The number of nitrogens with one attached hydrogen (secondary N) is 1. The lowest BCUT2D eigenvalue weighted by Gasteiger charge is -2.16. The number of esters is 1. The van der Waals surface area contributed by atoms with Crippen molar-refractivity contribution in [3.8, 4) is 0 Å². The number of carbonyl (C=O) groups excluding carboxylic acids is 2. The normalized spacial score (nSPS) is 17.4. The van der Waals surface area contributed by atoms with E-state index in [-0.39, 0.29) is 17.7 Å². The first-order chi connectivity index (χ1) is 8.66. The Hall–Kier alpha value is -1.78. The Balaban J connectivity index is 1.81. The minimum absolute atomic E-state index is 0.107. The van der Waals surface area contributed by atoms with Crippen LogP contribution >= 0.6 is 0 Å². The summed E-state index contributed by atoms with van der Waals surface area (Å²) < 4.78 is 9.93. The molecule has 1 aromatic heterocycles. The van der Waals surface area contributed by atoms with Gasteiger partial charge in [-0.15, -0.1) is 0 Å². The van der Waals surface area contributed by atoms with Gasteiger partial charge in [-0.1, -0.05) is 12.8 Å². The third kappa shape index (κ3) is 3.12. The van der Waals surface area contributed by atoms with Crippen molar-refractivity contribution in [3.63, 3.8) is 0 Å². The van der Waals surface area contributed by atoms with E-state index in [9.17, 15) is 9.59 Å². The van der Waals surface area contributed by atoms with E-state index in [0.29, 0.717) is 0 Å². The maximum Gasteiger partial charge on any atom is 0.374 e. The predicted molar refractivity (Wildman–Crippen MR) is 64.0 cm³/mol. The summed E-state index contributed by atoms with van der Waals surface area (Å²) in [4.78, 5) is 23.3. The molecule has 0 saturated heterocycles. The molecule has 0 radical (unpaired) electrons. The van der Waals surface area contributed by atoms with Crippen molar-refractivity contribution in [1.29, 1.82) is 0 Å². The van der Waals surface area contributed by atoms with E-state index < -0.39 is 12.1 Å². The van der Waals surface area contributed by atoms with Crippen molar-refractivity contribution in [3.05, 3.63) is 24.2 Å². The third-order valence-corrected chi connectivity index (χ3v) is 3.08. The van der Waals surface area contributed by atoms with Crippen molar-refractivity contribution in [2.45, 2.75) is 44.8 Å². The van der Waals surface area contributed by atoms with E-state index in [2.05, 4.69) is 5.32 Å². The van der Waals surface area contributed by atoms with E-state index in [1.54, 1.807) is 13.0 Å². The molecule has 18 heavy (non-hydrogen) atoms. The van der Waals surface area contributed by atoms with Crippen LogP contribution in [0.3, 0.4) is 0 Å². The van der Waals surface area contributed by atoms with Gasteiger partial charge in [0.25, 0.3) is 5.91 Å². The van der Waals surface area contributed by atoms with Crippen LogP contribution < -0.4 is 5.32 Å². The van der Waals surface area contributed by atoms with Crippen LogP contribution in [0.2, 0.25) is 0 Å². The average Bonchev–Trinajstić information content (AvgIpc) is 3.01. The van der Waals surface area contributed by atoms with Gasteiger partial charge in [0.2, 0.25) is 5.76 Å². The van der Waals surface area contributed by atoms with Gasteiger partial charge < -0.3 is 14.5 Å². The molecule has 5 heteroatoms. The molecule has 1 N–H and O–H groups in total. The molecular formula is C13H17NO4. The Morgan fingerprint density at radius 3 is 2.78 bits per heavy atom. The van der Waals surface area contributed by atoms with Gasteiger partial charge >= 0.3 is 5.97 Å². The average molecular weight is 251 g/mol. The highest BCUT2D eigenvalue weighted by atomic mass is 16.6. The number of rotatable bonds is 4. The van der Waals surface area contributed by atoms with Crippen LogP contribution in [0, 0.1) is 0 Å². The molecule has 1 aliphatic carbocycles. The summed E-state index contributed by atoms with van der Waals surface area (Å²) in [5.41, 5.74) is 0. The fraction of sp³-hybridized carbons (Fsp3) is 0.538. The maximum atomic E-state index is 11.8. The standard InChI is InChI=1S/C13H17NO4/c1-9(12(15)14-10-5-2-3-6-10)18-13(16)11-7-4-8-17-11/h4,7-10H,2-3,5-6H2,1H3,(H,14,15)/t9-/m1/s1. The molecule has 1 heterocycles. The van der Waals surface area contributed by atoms with Crippen molar-refractivity contribution in [2.75, 3.05) is 0 Å². The zero-order valence-electron chi connectivity index (χ0n) is 10.3. The van der Waals surface area contributed by atoms with E-state index in [0.717, 1.165) is 25.7 Å². The molecule has 5 nitrogen and oxygen atoms in total. The van der Waals surface area contributed by atoms with Gasteiger partial charge in [-0.3, -0.25) is 4.79 Å². The van der Waals surface area contributed by atoms with E-state index in [1.807, 2.05) is 0 Å². The molecule has 0 bridgehead atoms.